The summed E-state index contributed by atoms with van der Waals surface area (Å²) in [5.74, 6) is 0.647. The Kier molecular flexibility index (Phi) is 4.17. The summed E-state index contributed by atoms with van der Waals surface area (Å²) in [5.41, 5.74) is 3.20. The van der Waals surface area contributed by atoms with E-state index < -0.39 is 0 Å². The maximum atomic E-state index is 13.1. The lowest BCUT2D eigenvalue weighted by Crippen LogP contribution is -2.38. The summed E-state index contributed by atoms with van der Waals surface area (Å²) in [6, 6.07) is 6.21. The van der Waals surface area contributed by atoms with Gasteiger partial charge in [-0.1, -0.05) is 11.3 Å². The number of carbonyl (C=O) groups excluding carboxylic acids is 1. The predicted molar refractivity (Wildman–Crippen MR) is 94.3 cm³/mol. The van der Waals surface area contributed by atoms with Crippen molar-refractivity contribution in [3.05, 3.63) is 35.2 Å². The summed E-state index contributed by atoms with van der Waals surface area (Å²) >= 11 is 0. The Balaban J connectivity index is 1.63. The average molecular weight is 341 g/mol. The molecule has 1 aromatic heterocycles. The van der Waals surface area contributed by atoms with Gasteiger partial charge >= 0.3 is 0 Å². The van der Waals surface area contributed by atoms with Crippen LogP contribution in [0.15, 0.2) is 18.2 Å². The fourth-order valence-corrected chi connectivity index (χ4v) is 3.60. The lowest BCUT2D eigenvalue weighted by molar-refractivity contribution is 0.0971. The third kappa shape index (κ3) is 2.89. The molecule has 2 aliphatic rings. The van der Waals surface area contributed by atoms with Crippen molar-refractivity contribution in [3.8, 4) is 5.75 Å². The van der Waals surface area contributed by atoms with Gasteiger partial charge < -0.3 is 10.1 Å². The highest BCUT2D eigenvalue weighted by Gasteiger charge is 2.29. The number of aromatic nitrogens is 3. The fraction of sp³-hybridized carbons (Fsp3) is 0.500. The maximum Gasteiger partial charge on any atom is 0.280 e. The minimum Gasteiger partial charge on any atom is -0.490 e. The second-order valence-electron chi connectivity index (χ2n) is 6.73. The van der Waals surface area contributed by atoms with Crippen LogP contribution in [0.2, 0.25) is 0 Å². The number of hydrogen-bond acceptors (Lipinski definition) is 5. The van der Waals surface area contributed by atoms with Gasteiger partial charge in [0, 0.05) is 0 Å². The van der Waals surface area contributed by atoms with Gasteiger partial charge in [0.15, 0.2) is 5.69 Å². The van der Waals surface area contributed by atoms with Gasteiger partial charge in [-0.3, -0.25) is 9.69 Å². The molecule has 0 spiro atoms. The van der Waals surface area contributed by atoms with Crippen molar-refractivity contribution in [3.63, 3.8) is 0 Å². The molecule has 1 fully saturated rings. The molecule has 0 bridgehead atoms. The molecule has 25 heavy (non-hydrogen) atoms. The van der Waals surface area contributed by atoms with E-state index in [0.717, 1.165) is 48.6 Å². The summed E-state index contributed by atoms with van der Waals surface area (Å²) in [7, 11) is 0. The molecule has 1 amide bonds. The summed E-state index contributed by atoms with van der Waals surface area (Å²) in [6.07, 6.45) is 2.02. The molecular formula is C18H23N5O2. The smallest absolute Gasteiger partial charge is 0.280 e. The van der Waals surface area contributed by atoms with Crippen LogP contribution in [-0.4, -0.2) is 47.1 Å². The van der Waals surface area contributed by atoms with Crippen LogP contribution in [0.1, 0.15) is 40.6 Å². The number of fused-ring (bicyclic) bond motifs is 1. The first kappa shape index (κ1) is 16.1. The van der Waals surface area contributed by atoms with Gasteiger partial charge in [-0.05, 0) is 57.5 Å². The number of aryl methyl sites for hydroxylation is 1. The monoisotopic (exact) mass is 341 g/mol. The van der Waals surface area contributed by atoms with Gasteiger partial charge in [-0.15, -0.1) is 5.10 Å². The highest BCUT2D eigenvalue weighted by atomic mass is 16.5. The van der Waals surface area contributed by atoms with E-state index >= 15 is 0 Å². The van der Waals surface area contributed by atoms with Gasteiger partial charge in [0.25, 0.3) is 5.91 Å². The number of hydrogen-bond donors (Lipinski definition) is 1. The molecule has 7 heteroatoms. The molecule has 1 saturated heterocycles. The topological polar surface area (TPSA) is 72.3 Å². The molecule has 1 aromatic carbocycles. The van der Waals surface area contributed by atoms with Gasteiger partial charge in [-0.2, -0.15) is 0 Å². The third-order valence-corrected chi connectivity index (χ3v) is 5.01. The molecule has 0 unspecified atom stereocenters. The van der Waals surface area contributed by atoms with E-state index in [0.29, 0.717) is 24.9 Å². The molecule has 0 saturated carbocycles. The first-order valence-corrected chi connectivity index (χ1v) is 8.83. The number of benzene rings is 1. The molecule has 2 aliphatic heterocycles. The van der Waals surface area contributed by atoms with Gasteiger partial charge in [0.1, 0.15) is 12.4 Å². The van der Waals surface area contributed by atoms with Crippen molar-refractivity contribution in [2.75, 3.05) is 31.1 Å². The molecule has 0 atom stereocenters. The number of nitrogens with one attached hydrogen (secondary N) is 1. The molecule has 1 N–H and O–H groups in total. The third-order valence-electron chi connectivity index (χ3n) is 5.01. The van der Waals surface area contributed by atoms with Gasteiger partial charge in [-0.25, -0.2) is 4.68 Å². The highest BCUT2D eigenvalue weighted by molar-refractivity contribution is 6.06. The van der Waals surface area contributed by atoms with E-state index in [1.165, 1.54) is 0 Å². The zero-order valence-corrected chi connectivity index (χ0v) is 14.7. The van der Waals surface area contributed by atoms with E-state index in [1.807, 2.05) is 36.7 Å². The quantitative estimate of drug-likeness (QED) is 0.903. The Bertz CT molecular complexity index is 795. The zero-order valence-electron chi connectivity index (χ0n) is 14.7. The summed E-state index contributed by atoms with van der Waals surface area (Å²) in [6.45, 7) is 6.91. The van der Waals surface area contributed by atoms with Crippen LogP contribution in [-0.2, 0) is 0 Å². The standard InChI is InChI=1S/C18H23N5O2/c1-12-3-4-15-16(11-12)25-10-9-22(15)18(24)17-13(2)23(21-20-17)14-5-7-19-8-6-14/h3-4,11,14,19H,5-10H2,1-2H3. The van der Waals surface area contributed by atoms with Crippen LogP contribution in [0.4, 0.5) is 5.69 Å². The lowest BCUT2D eigenvalue weighted by Gasteiger charge is -2.29. The van der Waals surface area contributed by atoms with E-state index in [9.17, 15) is 4.79 Å². The molecule has 3 heterocycles. The maximum absolute atomic E-state index is 13.1. The van der Waals surface area contributed by atoms with E-state index in [-0.39, 0.29) is 5.91 Å². The van der Waals surface area contributed by atoms with Gasteiger partial charge in [0.05, 0.1) is 24.0 Å². The first-order valence-electron chi connectivity index (χ1n) is 8.83. The van der Waals surface area contributed by atoms with Crippen molar-refractivity contribution < 1.29 is 9.53 Å². The first-order chi connectivity index (χ1) is 12.1. The summed E-state index contributed by atoms with van der Waals surface area (Å²) < 4.78 is 7.63. The summed E-state index contributed by atoms with van der Waals surface area (Å²) in [5, 5.41) is 11.9. The highest BCUT2D eigenvalue weighted by Crippen LogP contribution is 2.33. The lowest BCUT2D eigenvalue weighted by atomic mass is 10.1. The Morgan fingerprint density at radius 3 is 2.88 bits per heavy atom. The molecule has 7 nitrogen and oxygen atoms in total. The van der Waals surface area contributed by atoms with E-state index in [1.54, 1.807) is 4.90 Å². The van der Waals surface area contributed by atoms with Crippen molar-refractivity contribution in [2.24, 2.45) is 0 Å². The van der Waals surface area contributed by atoms with Crippen molar-refractivity contribution >= 4 is 11.6 Å². The molecule has 132 valence electrons. The molecule has 0 aliphatic carbocycles. The zero-order chi connectivity index (χ0) is 17.4. The van der Waals surface area contributed by atoms with Crippen molar-refractivity contribution in [1.29, 1.82) is 0 Å². The van der Waals surface area contributed by atoms with Crippen molar-refractivity contribution in [2.45, 2.75) is 32.7 Å². The number of piperidine rings is 1. The number of anilines is 1. The Morgan fingerprint density at radius 1 is 1.28 bits per heavy atom. The Morgan fingerprint density at radius 2 is 2.08 bits per heavy atom. The second-order valence-corrected chi connectivity index (χ2v) is 6.73. The minimum atomic E-state index is -0.105. The predicted octanol–water partition coefficient (Wildman–Crippen LogP) is 1.86. The Labute approximate surface area is 147 Å². The molecule has 0 radical (unpaired) electrons. The fourth-order valence-electron chi connectivity index (χ4n) is 3.60. The van der Waals surface area contributed by atoms with Crippen LogP contribution in [0, 0.1) is 13.8 Å². The largest absolute Gasteiger partial charge is 0.490 e. The molecule has 2 aromatic rings. The van der Waals surface area contributed by atoms with Crippen LogP contribution in [0.5, 0.6) is 5.75 Å². The van der Waals surface area contributed by atoms with Crippen molar-refractivity contribution in [1.82, 2.24) is 20.3 Å². The van der Waals surface area contributed by atoms with Gasteiger partial charge in [0.2, 0.25) is 0 Å². The number of nitrogens with zero attached hydrogens (tertiary/aromatic N) is 4. The molecular weight excluding hydrogens is 318 g/mol. The Hall–Kier alpha value is -2.41. The minimum absolute atomic E-state index is 0.105. The SMILES string of the molecule is Cc1ccc2c(c1)OCCN2C(=O)c1nnn(C2CCNCC2)c1C. The number of ether oxygens (including phenoxy) is 1. The average Bonchev–Trinajstić information content (AvgIpc) is 3.02. The second kappa shape index (κ2) is 6.48. The van der Waals surface area contributed by atoms with Crippen LogP contribution >= 0.6 is 0 Å². The normalized spacial score (nSPS) is 17.9. The van der Waals surface area contributed by atoms with E-state index in [4.69, 9.17) is 4.74 Å². The van der Waals surface area contributed by atoms with Crippen LogP contribution in [0.3, 0.4) is 0 Å². The number of carbonyl (C=O) groups is 1. The molecule has 4 rings (SSSR count). The number of rotatable bonds is 2. The van der Waals surface area contributed by atoms with Crippen LogP contribution in [0.25, 0.3) is 0 Å². The number of amides is 1. The van der Waals surface area contributed by atoms with Crippen LogP contribution < -0.4 is 15.0 Å². The van der Waals surface area contributed by atoms with E-state index in [2.05, 4.69) is 15.6 Å². The summed E-state index contributed by atoms with van der Waals surface area (Å²) in [4.78, 5) is 14.9.